The van der Waals surface area contributed by atoms with Gasteiger partial charge in [0, 0.05) is 24.0 Å². The fourth-order valence-corrected chi connectivity index (χ4v) is 2.53. The standard InChI is InChI=1S/C14H14F2N2/c15-10-4-1-5-11(16)13(10)14-12-6-2-8-18(12)9-3-7-17-14/h1-2,4-6,8,14,17H,3,7,9H2. The highest BCUT2D eigenvalue weighted by Gasteiger charge is 2.25. The van der Waals surface area contributed by atoms with E-state index >= 15 is 0 Å². The molecule has 0 saturated heterocycles. The van der Waals surface area contributed by atoms with Crippen molar-refractivity contribution in [3.63, 3.8) is 0 Å². The first-order valence-corrected chi connectivity index (χ1v) is 6.09. The Bertz CT molecular complexity index is 542. The normalized spacial score (nSPS) is 19.3. The molecular weight excluding hydrogens is 234 g/mol. The highest BCUT2D eigenvalue weighted by Crippen LogP contribution is 2.28. The summed E-state index contributed by atoms with van der Waals surface area (Å²) in [6.45, 7) is 1.63. The van der Waals surface area contributed by atoms with E-state index in [2.05, 4.69) is 9.88 Å². The minimum atomic E-state index is -0.498. The third kappa shape index (κ3) is 1.82. The molecule has 1 aromatic carbocycles. The predicted octanol–water partition coefficient (Wildman–Crippen LogP) is 2.85. The second-order valence-electron chi connectivity index (χ2n) is 4.50. The number of aromatic nitrogens is 1. The SMILES string of the molecule is Fc1cccc(F)c1C1NCCCn2cccc21. The molecule has 1 N–H and O–H groups in total. The van der Waals surface area contributed by atoms with Crippen molar-refractivity contribution in [2.75, 3.05) is 6.54 Å². The maximum atomic E-state index is 13.9. The zero-order valence-corrected chi connectivity index (χ0v) is 9.87. The Morgan fingerprint density at radius 2 is 1.89 bits per heavy atom. The molecule has 0 aliphatic carbocycles. The molecule has 2 nitrogen and oxygen atoms in total. The van der Waals surface area contributed by atoms with Gasteiger partial charge in [-0.25, -0.2) is 8.78 Å². The number of benzene rings is 1. The lowest BCUT2D eigenvalue weighted by Crippen LogP contribution is -2.24. The molecule has 1 aliphatic rings. The quantitative estimate of drug-likeness (QED) is 0.821. The highest BCUT2D eigenvalue weighted by atomic mass is 19.1. The van der Waals surface area contributed by atoms with Gasteiger partial charge in [-0.3, -0.25) is 0 Å². The Hall–Kier alpha value is -1.68. The molecule has 1 atom stereocenters. The van der Waals surface area contributed by atoms with Crippen molar-refractivity contribution in [2.45, 2.75) is 19.0 Å². The molecule has 1 unspecified atom stereocenters. The lowest BCUT2D eigenvalue weighted by Gasteiger charge is -2.19. The molecule has 3 rings (SSSR count). The first kappa shape index (κ1) is 11.4. The van der Waals surface area contributed by atoms with E-state index in [-0.39, 0.29) is 5.56 Å². The number of nitrogens with one attached hydrogen (secondary N) is 1. The number of fused-ring (bicyclic) bond motifs is 1. The van der Waals surface area contributed by atoms with E-state index in [1.807, 2.05) is 18.3 Å². The van der Waals surface area contributed by atoms with Crippen LogP contribution in [0.5, 0.6) is 0 Å². The number of rotatable bonds is 1. The van der Waals surface area contributed by atoms with Crippen molar-refractivity contribution in [1.82, 2.24) is 9.88 Å². The summed E-state index contributed by atoms with van der Waals surface area (Å²) in [6, 6.07) is 7.41. The first-order valence-electron chi connectivity index (χ1n) is 6.09. The molecule has 2 aromatic rings. The van der Waals surface area contributed by atoms with Crippen molar-refractivity contribution in [3.8, 4) is 0 Å². The Morgan fingerprint density at radius 1 is 1.11 bits per heavy atom. The van der Waals surface area contributed by atoms with Crippen molar-refractivity contribution in [1.29, 1.82) is 0 Å². The van der Waals surface area contributed by atoms with E-state index in [0.29, 0.717) is 0 Å². The third-order valence-corrected chi connectivity index (χ3v) is 3.37. The third-order valence-electron chi connectivity index (χ3n) is 3.37. The van der Waals surface area contributed by atoms with Gasteiger partial charge in [0.25, 0.3) is 0 Å². The van der Waals surface area contributed by atoms with Crippen LogP contribution in [0.4, 0.5) is 8.78 Å². The molecule has 4 heteroatoms. The van der Waals surface area contributed by atoms with Crippen molar-refractivity contribution in [2.24, 2.45) is 0 Å². The zero-order valence-electron chi connectivity index (χ0n) is 9.87. The van der Waals surface area contributed by atoms with Crippen LogP contribution in [-0.4, -0.2) is 11.1 Å². The van der Waals surface area contributed by atoms with Crippen LogP contribution >= 0.6 is 0 Å². The van der Waals surface area contributed by atoms with Crippen LogP contribution in [0.3, 0.4) is 0 Å². The van der Waals surface area contributed by atoms with Crippen LogP contribution in [0.1, 0.15) is 23.7 Å². The summed E-state index contributed by atoms with van der Waals surface area (Å²) < 4.78 is 29.8. The average Bonchev–Trinajstić information content (AvgIpc) is 2.72. The molecular formula is C14H14F2N2. The summed E-state index contributed by atoms with van der Waals surface area (Å²) in [5.74, 6) is -0.996. The van der Waals surface area contributed by atoms with Gasteiger partial charge in [0.15, 0.2) is 0 Å². The molecule has 1 aliphatic heterocycles. The molecule has 0 radical (unpaired) electrons. The number of halogens is 2. The average molecular weight is 248 g/mol. The fourth-order valence-electron chi connectivity index (χ4n) is 2.53. The first-order chi connectivity index (χ1) is 8.77. The van der Waals surface area contributed by atoms with Crippen LogP contribution in [0, 0.1) is 11.6 Å². The summed E-state index contributed by atoms with van der Waals surface area (Å²) in [6.07, 6.45) is 2.91. The minimum Gasteiger partial charge on any atom is -0.350 e. The van der Waals surface area contributed by atoms with Gasteiger partial charge in [0.05, 0.1) is 6.04 Å². The number of nitrogens with zero attached hydrogens (tertiary/aromatic N) is 1. The number of aryl methyl sites for hydroxylation is 1. The van der Waals surface area contributed by atoms with Gasteiger partial charge in [0.1, 0.15) is 11.6 Å². The fraction of sp³-hybridized carbons (Fsp3) is 0.286. The van der Waals surface area contributed by atoms with Crippen molar-refractivity contribution < 1.29 is 8.78 Å². The molecule has 0 saturated carbocycles. The van der Waals surface area contributed by atoms with Crippen LogP contribution in [-0.2, 0) is 6.54 Å². The monoisotopic (exact) mass is 248 g/mol. The van der Waals surface area contributed by atoms with Crippen LogP contribution < -0.4 is 5.32 Å². The van der Waals surface area contributed by atoms with Crippen LogP contribution in [0.2, 0.25) is 0 Å². The van der Waals surface area contributed by atoms with Crippen molar-refractivity contribution >= 4 is 0 Å². The summed E-state index contributed by atoms with van der Waals surface area (Å²) >= 11 is 0. The Labute approximate surface area is 104 Å². The van der Waals surface area contributed by atoms with Gasteiger partial charge in [-0.15, -0.1) is 0 Å². The van der Waals surface area contributed by atoms with E-state index in [1.54, 1.807) is 0 Å². The van der Waals surface area contributed by atoms with Crippen LogP contribution in [0.15, 0.2) is 36.5 Å². The van der Waals surface area contributed by atoms with Gasteiger partial charge in [-0.05, 0) is 37.2 Å². The predicted molar refractivity (Wildman–Crippen MR) is 65.3 cm³/mol. The van der Waals surface area contributed by atoms with Gasteiger partial charge >= 0.3 is 0 Å². The number of hydrogen-bond acceptors (Lipinski definition) is 1. The summed E-state index contributed by atoms with van der Waals surface area (Å²) in [5.41, 5.74) is 1.02. The Morgan fingerprint density at radius 3 is 2.67 bits per heavy atom. The zero-order chi connectivity index (χ0) is 12.5. The second kappa shape index (κ2) is 4.53. The second-order valence-corrected chi connectivity index (χ2v) is 4.50. The van der Waals surface area contributed by atoms with Gasteiger partial charge < -0.3 is 9.88 Å². The maximum Gasteiger partial charge on any atom is 0.131 e. The van der Waals surface area contributed by atoms with Gasteiger partial charge in [-0.2, -0.15) is 0 Å². The van der Waals surface area contributed by atoms with E-state index in [9.17, 15) is 8.78 Å². The number of hydrogen-bond donors (Lipinski definition) is 1. The molecule has 2 heterocycles. The summed E-state index contributed by atoms with van der Waals surface area (Å²) in [4.78, 5) is 0. The van der Waals surface area contributed by atoms with Gasteiger partial charge in [-0.1, -0.05) is 6.07 Å². The lowest BCUT2D eigenvalue weighted by molar-refractivity contribution is 0.506. The molecule has 0 fully saturated rings. The van der Waals surface area contributed by atoms with E-state index in [1.165, 1.54) is 18.2 Å². The molecule has 0 bridgehead atoms. The topological polar surface area (TPSA) is 17.0 Å². The molecule has 0 spiro atoms. The molecule has 94 valence electrons. The minimum absolute atomic E-state index is 0.111. The molecule has 18 heavy (non-hydrogen) atoms. The summed E-state index contributed by atoms with van der Waals surface area (Å²) in [5, 5.41) is 3.22. The Balaban J connectivity index is 2.12. The molecule has 0 amide bonds. The summed E-state index contributed by atoms with van der Waals surface area (Å²) in [7, 11) is 0. The highest BCUT2D eigenvalue weighted by molar-refractivity contribution is 5.31. The van der Waals surface area contributed by atoms with E-state index < -0.39 is 17.7 Å². The van der Waals surface area contributed by atoms with E-state index in [0.717, 1.165) is 25.2 Å². The Kier molecular flexibility index (Phi) is 2.88. The van der Waals surface area contributed by atoms with Crippen molar-refractivity contribution in [3.05, 3.63) is 59.4 Å². The lowest BCUT2D eigenvalue weighted by atomic mass is 10.0. The largest absolute Gasteiger partial charge is 0.350 e. The molecule has 1 aromatic heterocycles. The van der Waals surface area contributed by atoms with E-state index in [4.69, 9.17) is 0 Å². The van der Waals surface area contributed by atoms with Gasteiger partial charge in [0.2, 0.25) is 0 Å². The maximum absolute atomic E-state index is 13.9. The van der Waals surface area contributed by atoms with Crippen LogP contribution in [0.25, 0.3) is 0 Å². The smallest absolute Gasteiger partial charge is 0.131 e.